The third-order valence-corrected chi connectivity index (χ3v) is 9.12. The number of benzene rings is 2. The second-order valence-electron chi connectivity index (χ2n) is 11.2. The lowest BCUT2D eigenvalue weighted by atomic mass is 9.56. The van der Waals surface area contributed by atoms with Gasteiger partial charge in [-0.15, -0.1) is 0 Å². The lowest BCUT2D eigenvalue weighted by Gasteiger charge is -2.57. The zero-order chi connectivity index (χ0) is 30.3. The normalized spacial score (nSPS) is 29.5. The summed E-state index contributed by atoms with van der Waals surface area (Å²) in [5.74, 6) is -4.74. The van der Waals surface area contributed by atoms with Crippen LogP contribution in [0.5, 0.6) is 23.0 Å². The Balaban J connectivity index is 1.87. The van der Waals surface area contributed by atoms with Crippen molar-refractivity contribution in [3.63, 3.8) is 0 Å². The zero-order valence-electron chi connectivity index (χ0n) is 23.5. The third kappa shape index (κ3) is 2.54. The Bertz CT molecular complexity index is 1780. The number of ether oxygens (including phenoxy) is 4. The van der Waals surface area contributed by atoms with E-state index in [1.165, 1.54) is 48.4 Å². The molecule has 218 valence electrons. The predicted molar refractivity (Wildman–Crippen MR) is 139 cm³/mol. The van der Waals surface area contributed by atoms with Crippen molar-refractivity contribution < 1.29 is 58.4 Å². The quantitative estimate of drug-likeness (QED) is 0.444. The largest absolute Gasteiger partial charge is 0.507 e. The van der Waals surface area contributed by atoms with E-state index >= 15 is 0 Å². The number of ketones is 3. The first-order valence-electron chi connectivity index (χ1n) is 13.0. The smallest absolute Gasteiger partial charge is 0.231 e. The Morgan fingerprint density at radius 3 is 2.19 bits per heavy atom. The zero-order valence-corrected chi connectivity index (χ0v) is 23.5. The number of allylic oxidation sites excluding steroid dienone is 2. The van der Waals surface area contributed by atoms with Gasteiger partial charge in [0.1, 0.15) is 23.0 Å². The van der Waals surface area contributed by atoms with Gasteiger partial charge in [0.25, 0.3) is 0 Å². The highest BCUT2D eigenvalue weighted by atomic mass is 17.2. The van der Waals surface area contributed by atoms with Crippen LogP contribution in [-0.2, 0) is 35.2 Å². The summed E-state index contributed by atoms with van der Waals surface area (Å²) < 4.78 is 22.7. The fraction of sp³-hybridized carbons (Fsp3) is 0.367. The molecule has 2 heterocycles. The molecular formula is C30H26O12. The van der Waals surface area contributed by atoms with Crippen LogP contribution in [0, 0.1) is 0 Å². The van der Waals surface area contributed by atoms with Crippen LogP contribution in [-0.4, -0.2) is 66.7 Å². The standard InChI is InChI=1S/C30H26O12/c1-10(31)19-18-23-22-17(25(35)27(18)40-6)13(33)8-15(38-4)30(22)20-14(37-3)7-12(32)16-21(20)29(23,41-42-30)11(9-28(19,2)36)26(39-5)24(16)34/h7-8,19,32,35-36H,9H2,1-6H3. The lowest BCUT2D eigenvalue weighted by molar-refractivity contribution is -0.417. The first-order chi connectivity index (χ1) is 19.9. The second kappa shape index (κ2) is 7.91. The van der Waals surface area contributed by atoms with Crippen LogP contribution in [0.15, 0.2) is 29.2 Å². The maximum Gasteiger partial charge on any atom is 0.231 e. The summed E-state index contributed by atoms with van der Waals surface area (Å²) >= 11 is 0. The number of fused-ring (bicyclic) bond motifs is 1. The Morgan fingerprint density at radius 2 is 1.60 bits per heavy atom. The molecule has 0 amide bonds. The fourth-order valence-electron chi connectivity index (χ4n) is 7.83. The summed E-state index contributed by atoms with van der Waals surface area (Å²) in [4.78, 5) is 53.8. The van der Waals surface area contributed by atoms with E-state index in [2.05, 4.69) is 0 Å². The van der Waals surface area contributed by atoms with Crippen LogP contribution in [0.2, 0.25) is 0 Å². The van der Waals surface area contributed by atoms with Crippen LogP contribution >= 0.6 is 0 Å². The molecule has 4 aliphatic carbocycles. The van der Waals surface area contributed by atoms with Gasteiger partial charge < -0.3 is 34.3 Å². The van der Waals surface area contributed by atoms with Crippen molar-refractivity contribution in [2.24, 2.45) is 0 Å². The molecule has 2 spiro atoms. The van der Waals surface area contributed by atoms with Crippen LogP contribution in [0.25, 0.3) is 0 Å². The molecule has 4 unspecified atom stereocenters. The monoisotopic (exact) mass is 578 g/mol. The van der Waals surface area contributed by atoms with E-state index in [0.717, 1.165) is 6.08 Å². The highest BCUT2D eigenvalue weighted by molar-refractivity contribution is 6.16. The molecule has 12 heteroatoms. The number of hydrogen-bond acceptors (Lipinski definition) is 12. The summed E-state index contributed by atoms with van der Waals surface area (Å²) in [7, 11) is 5.17. The number of aromatic hydroxyl groups is 2. The Kier molecular flexibility index (Phi) is 4.99. The van der Waals surface area contributed by atoms with Gasteiger partial charge in [0, 0.05) is 52.0 Å². The van der Waals surface area contributed by atoms with Crippen molar-refractivity contribution in [1.29, 1.82) is 0 Å². The number of phenols is 2. The van der Waals surface area contributed by atoms with Crippen LogP contribution in [0.4, 0.5) is 0 Å². The Labute approximate surface area is 238 Å². The van der Waals surface area contributed by atoms with Gasteiger partial charge >= 0.3 is 0 Å². The van der Waals surface area contributed by atoms with Crippen molar-refractivity contribution in [3.05, 3.63) is 68.2 Å². The number of carbonyl (C=O) groups is 3. The number of methoxy groups -OCH3 is 4. The fourth-order valence-corrected chi connectivity index (χ4v) is 7.83. The maximum absolute atomic E-state index is 14.1. The van der Waals surface area contributed by atoms with Crippen molar-refractivity contribution in [2.45, 2.75) is 43.0 Å². The minimum Gasteiger partial charge on any atom is -0.507 e. The number of hydrogen-bond donors (Lipinski definition) is 3. The van der Waals surface area contributed by atoms with Crippen LogP contribution < -0.4 is 9.47 Å². The van der Waals surface area contributed by atoms with E-state index in [0.29, 0.717) is 0 Å². The molecule has 2 aromatic carbocycles. The SMILES string of the molecule is COC1=CC(=O)c2c(O)c(OC)c3c4c2C12OOC41C(=C(OC)C(=O)c4c(O)cc(OC)c2c41)CC(C)(O)C3C(C)=O. The molecular weight excluding hydrogens is 552 g/mol. The van der Waals surface area contributed by atoms with Gasteiger partial charge in [-0.3, -0.25) is 14.4 Å². The molecule has 0 radical (unpaired) electrons. The minimum absolute atomic E-state index is 0.0304. The molecule has 0 saturated heterocycles. The first-order valence-corrected chi connectivity index (χ1v) is 13.0. The molecule has 0 saturated carbocycles. The molecule has 4 atom stereocenters. The molecule has 2 aliphatic heterocycles. The van der Waals surface area contributed by atoms with E-state index in [1.54, 1.807) is 0 Å². The molecule has 2 bridgehead atoms. The molecule has 0 aromatic heterocycles. The summed E-state index contributed by atoms with van der Waals surface area (Å²) in [6, 6.07) is 1.23. The summed E-state index contributed by atoms with van der Waals surface area (Å²) in [6.07, 6.45) is 0.763. The number of Topliss-reactive ketones (excluding diaryl/α,β-unsaturated/α-hetero) is 2. The molecule has 42 heavy (non-hydrogen) atoms. The molecule has 8 rings (SSSR count). The molecule has 6 aliphatic rings. The van der Waals surface area contributed by atoms with Crippen molar-refractivity contribution >= 4 is 17.3 Å². The summed E-state index contributed by atoms with van der Waals surface area (Å²) in [5.41, 5.74) is -5.64. The summed E-state index contributed by atoms with van der Waals surface area (Å²) in [5, 5.41) is 35.0. The van der Waals surface area contributed by atoms with Gasteiger partial charge in [-0.2, -0.15) is 0 Å². The summed E-state index contributed by atoms with van der Waals surface area (Å²) in [6.45, 7) is 2.69. The first kappa shape index (κ1) is 26.5. The third-order valence-electron chi connectivity index (χ3n) is 9.12. The molecule has 3 N–H and O–H groups in total. The van der Waals surface area contributed by atoms with Gasteiger partial charge in [-0.25, -0.2) is 9.78 Å². The Morgan fingerprint density at radius 1 is 0.929 bits per heavy atom. The molecule has 2 aromatic rings. The van der Waals surface area contributed by atoms with Gasteiger partial charge in [0.2, 0.25) is 11.4 Å². The van der Waals surface area contributed by atoms with Crippen molar-refractivity contribution in [2.75, 3.05) is 28.4 Å². The van der Waals surface area contributed by atoms with E-state index in [9.17, 15) is 29.7 Å². The molecule has 12 nitrogen and oxygen atoms in total. The van der Waals surface area contributed by atoms with Crippen LogP contribution in [0.1, 0.15) is 74.7 Å². The van der Waals surface area contributed by atoms with Gasteiger partial charge in [0.05, 0.1) is 51.1 Å². The second-order valence-corrected chi connectivity index (χ2v) is 11.2. The number of phenolic OH excluding ortho intramolecular Hbond substituents is 2. The molecule has 0 fully saturated rings. The highest BCUT2D eigenvalue weighted by Gasteiger charge is 2.73. The highest BCUT2D eigenvalue weighted by Crippen LogP contribution is 2.72. The van der Waals surface area contributed by atoms with Gasteiger partial charge in [-0.1, -0.05) is 0 Å². The topological polar surface area (TPSA) is 167 Å². The van der Waals surface area contributed by atoms with Gasteiger partial charge in [0.15, 0.2) is 28.6 Å². The maximum atomic E-state index is 14.1. The average Bonchev–Trinajstić information content (AvgIpc) is 3.03. The van der Waals surface area contributed by atoms with Crippen LogP contribution in [0.3, 0.4) is 0 Å². The van der Waals surface area contributed by atoms with Gasteiger partial charge in [-0.05, 0) is 13.8 Å². The number of rotatable bonds is 5. The number of aliphatic hydroxyl groups is 1. The predicted octanol–water partition coefficient (Wildman–Crippen LogP) is 2.53. The average molecular weight is 579 g/mol. The lowest BCUT2D eigenvalue weighted by Crippen LogP contribution is -2.58. The van der Waals surface area contributed by atoms with E-state index in [1.807, 2.05) is 0 Å². The minimum atomic E-state index is -1.97. The van der Waals surface area contributed by atoms with E-state index in [4.69, 9.17) is 28.7 Å². The Hall–Kier alpha value is -4.39. The number of carbonyl (C=O) groups excluding carboxylic acids is 3. The van der Waals surface area contributed by atoms with Crippen molar-refractivity contribution in [1.82, 2.24) is 0 Å². The van der Waals surface area contributed by atoms with E-state index < -0.39 is 51.6 Å². The van der Waals surface area contributed by atoms with Crippen molar-refractivity contribution in [3.8, 4) is 23.0 Å². The van der Waals surface area contributed by atoms with E-state index in [-0.39, 0.29) is 74.0 Å².